The first-order valence-corrected chi connectivity index (χ1v) is 10.0. The molecule has 2 aromatic carbocycles. The lowest BCUT2D eigenvalue weighted by Crippen LogP contribution is -2.43. The monoisotopic (exact) mass is 363 g/mol. The van der Waals surface area contributed by atoms with Crippen LogP contribution >= 0.6 is 0 Å². The molecule has 0 aromatic heterocycles. The highest BCUT2D eigenvalue weighted by atomic mass is 16.6. The Morgan fingerprint density at radius 3 is 2.26 bits per heavy atom. The molecular formula is C23H25NO3. The zero-order valence-electron chi connectivity index (χ0n) is 15.4. The van der Waals surface area contributed by atoms with Gasteiger partial charge < -0.3 is 14.7 Å². The SMILES string of the molecule is O=C(OCC1c2ccccc2-c2ccccc21)N1CC(O)CC1C1CCC1. The van der Waals surface area contributed by atoms with Gasteiger partial charge in [-0.05, 0) is 47.4 Å². The molecule has 0 spiro atoms. The Hall–Kier alpha value is -2.33. The van der Waals surface area contributed by atoms with Crippen molar-refractivity contribution >= 4 is 6.09 Å². The normalized spacial score (nSPS) is 24.4. The summed E-state index contributed by atoms with van der Waals surface area (Å²) < 4.78 is 5.80. The minimum atomic E-state index is -0.420. The number of fused-ring (bicyclic) bond motifs is 3. The lowest BCUT2D eigenvalue weighted by molar-refractivity contribution is 0.0715. The first-order valence-electron chi connectivity index (χ1n) is 10.0. The van der Waals surface area contributed by atoms with Crippen LogP contribution in [0.3, 0.4) is 0 Å². The highest BCUT2D eigenvalue weighted by Crippen LogP contribution is 2.44. The average molecular weight is 363 g/mol. The van der Waals surface area contributed by atoms with Gasteiger partial charge in [0, 0.05) is 12.0 Å². The van der Waals surface area contributed by atoms with E-state index in [1.165, 1.54) is 28.7 Å². The van der Waals surface area contributed by atoms with Crippen molar-refractivity contribution in [2.75, 3.05) is 13.2 Å². The van der Waals surface area contributed by atoms with Crippen molar-refractivity contribution in [3.8, 4) is 11.1 Å². The zero-order valence-corrected chi connectivity index (χ0v) is 15.4. The second-order valence-electron chi connectivity index (χ2n) is 8.10. The van der Waals surface area contributed by atoms with Crippen molar-refractivity contribution < 1.29 is 14.6 Å². The summed E-state index contributed by atoms with van der Waals surface area (Å²) in [5.41, 5.74) is 4.92. The van der Waals surface area contributed by atoms with Crippen LogP contribution in [-0.2, 0) is 4.74 Å². The minimum absolute atomic E-state index is 0.0797. The van der Waals surface area contributed by atoms with Crippen LogP contribution in [0.1, 0.15) is 42.7 Å². The van der Waals surface area contributed by atoms with Crippen LogP contribution in [0.25, 0.3) is 11.1 Å². The van der Waals surface area contributed by atoms with Gasteiger partial charge >= 0.3 is 6.09 Å². The molecule has 4 nitrogen and oxygen atoms in total. The largest absolute Gasteiger partial charge is 0.448 e. The summed E-state index contributed by atoms with van der Waals surface area (Å²) >= 11 is 0. The number of hydrogen-bond acceptors (Lipinski definition) is 3. The molecule has 27 heavy (non-hydrogen) atoms. The fraction of sp³-hybridized carbons (Fsp3) is 0.435. The van der Waals surface area contributed by atoms with Gasteiger partial charge in [0.1, 0.15) is 6.61 Å². The van der Waals surface area contributed by atoms with Gasteiger partial charge in [0.25, 0.3) is 0 Å². The van der Waals surface area contributed by atoms with E-state index in [0.29, 0.717) is 25.5 Å². The molecule has 5 rings (SSSR count). The van der Waals surface area contributed by atoms with Crippen molar-refractivity contribution in [2.24, 2.45) is 5.92 Å². The summed E-state index contributed by atoms with van der Waals surface area (Å²) in [6.45, 7) is 0.745. The molecule has 2 aromatic rings. The number of ether oxygens (including phenoxy) is 1. The van der Waals surface area contributed by atoms with Crippen LogP contribution in [0.5, 0.6) is 0 Å². The van der Waals surface area contributed by atoms with Crippen LogP contribution in [0.2, 0.25) is 0 Å². The topological polar surface area (TPSA) is 49.8 Å². The standard InChI is InChI=1S/C23H25NO3/c25-16-12-22(15-6-5-7-15)24(13-16)23(26)27-14-21-19-10-3-1-8-17(19)18-9-2-4-11-20(18)21/h1-4,8-11,15-16,21-22,25H,5-7,12-14H2. The van der Waals surface area contributed by atoms with Gasteiger partial charge in [-0.1, -0.05) is 55.0 Å². The van der Waals surface area contributed by atoms with Crippen LogP contribution < -0.4 is 0 Å². The highest BCUT2D eigenvalue weighted by molar-refractivity contribution is 5.79. The predicted molar refractivity (Wildman–Crippen MR) is 104 cm³/mol. The molecule has 3 aliphatic rings. The quantitative estimate of drug-likeness (QED) is 0.890. The number of nitrogens with zero attached hydrogens (tertiary/aromatic N) is 1. The smallest absolute Gasteiger partial charge is 0.410 e. The zero-order chi connectivity index (χ0) is 18.4. The number of β-amino-alcohol motifs (C(OH)–C–C–N with tert-alkyl or cyclic N) is 1. The molecule has 1 saturated carbocycles. The van der Waals surface area contributed by atoms with Gasteiger partial charge in [-0.25, -0.2) is 4.79 Å². The predicted octanol–water partition coefficient (Wildman–Crippen LogP) is 4.17. The van der Waals surface area contributed by atoms with Crippen molar-refractivity contribution in [1.82, 2.24) is 4.90 Å². The van der Waals surface area contributed by atoms with Gasteiger partial charge in [0.05, 0.1) is 12.6 Å². The molecule has 2 fully saturated rings. The summed E-state index contributed by atoms with van der Waals surface area (Å²) in [6, 6.07) is 16.9. The van der Waals surface area contributed by atoms with Crippen molar-refractivity contribution in [1.29, 1.82) is 0 Å². The average Bonchev–Trinajstić information content (AvgIpc) is 3.17. The van der Waals surface area contributed by atoms with E-state index in [2.05, 4.69) is 36.4 Å². The number of carbonyl (C=O) groups is 1. The number of amides is 1. The number of likely N-dealkylation sites (tertiary alicyclic amines) is 1. The third kappa shape index (κ3) is 2.83. The molecule has 0 bridgehead atoms. The van der Waals surface area contributed by atoms with E-state index in [9.17, 15) is 9.90 Å². The molecule has 1 aliphatic heterocycles. The molecular weight excluding hydrogens is 338 g/mol. The molecule has 1 heterocycles. The van der Waals surface area contributed by atoms with Crippen LogP contribution in [0.15, 0.2) is 48.5 Å². The van der Waals surface area contributed by atoms with Gasteiger partial charge in [0.15, 0.2) is 0 Å². The summed E-state index contributed by atoms with van der Waals surface area (Å²) in [5, 5.41) is 10.1. The van der Waals surface area contributed by atoms with E-state index < -0.39 is 6.10 Å². The van der Waals surface area contributed by atoms with Crippen LogP contribution in [0.4, 0.5) is 4.79 Å². The Bertz CT molecular complexity index is 815. The summed E-state index contributed by atoms with van der Waals surface area (Å²) in [5.74, 6) is 0.610. The number of carbonyl (C=O) groups excluding carboxylic acids is 1. The maximum Gasteiger partial charge on any atom is 0.410 e. The summed E-state index contributed by atoms with van der Waals surface area (Å²) in [7, 11) is 0. The first kappa shape index (κ1) is 16.8. The van der Waals surface area contributed by atoms with E-state index in [1.807, 2.05) is 12.1 Å². The summed E-state index contributed by atoms with van der Waals surface area (Å²) in [4.78, 5) is 14.6. The Labute approximate surface area is 159 Å². The van der Waals surface area contributed by atoms with Gasteiger partial charge in [-0.15, -0.1) is 0 Å². The molecule has 1 amide bonds. The van der Waals surface area contributed by atoms with E-state index in [0.717, 1.165) is 12.8 Å². The molecule has 4 heteroatoms. The lowest BCUT2D eigenvalue weighted by Gasteiger charge is -2.36. The first-order chi connectivity index (χ1) is 13.2. The third-order valence-corrected chi connectivity index (χ3v) is 6.59. The van der Waals surface area contributed by atoms with Crippen molar-refractivity contribution in [2.45, 2.75) is 43.7 Å². The second kappa shape index (κ2) is 6.68. The molecule has 2 aliphatic carbocycles. The van der Waals surface area contributed by atoms with E-state index >= 15 is 0 Å². The van der Waals surface area contributed by atoms with Crippen LogP contribution in [-0.4, -0.2) is 41.4 Å². The van der Waals surface area contributed by atoms with E-state index in [4.69, 9.17) is 4.74 Å². The highest BCUT2D eigenvalue weighted by Gasteiger charge is 2.42. The van der Waals surface area contributed by atoms with E-state index in [-0.39, 0.29) is 18.1 Å². The molecule has 2 unspecified atom stereocenters. The van der Waals surface area contributed by atoms with Gasteiger partial charge in [-0.3, -0.25) is 0 Å². The van der Waals surface area contributed by atoms with Crippen molar-refractivity contribution in [3.63, 3.8) is 0 Å². The van der Waals surface area contributed by atoms with Crippen molar-refractivity contribution in [3.05, 3.63) is 59.7 Å². The van der Waals surface area contributed by atoms with Crippen LogP contribution in [0, 0.1) is 5.92 Å². The minimum Gasteiger partial charge on any atom is -0.448 e. The number of benzene rings is 2. The Balaban J connectivity index is 1.33. The maximum absolute atomic E-state index is 12.8. The van der Waals surface area contributed by atoms with Gasteiger partial charge in [-0.2, -0.15) is 0 Å². The number of aliphatic hydroxyl groups excluding tert-OH is 1. The summed E-state index contributed by atoms with van der Waals surface area (Å²) in [6.07, 6.45) is 3.54. The van der Waals surface area contributed by atoms with Gasteiger partial charge in [0.2, 0.25) is 0 Å². The maximum atomic E-state index is 12.8. The number of aliphatic hydroxyl groups is 1. The molecule has 0 radical (unpaired) electrons. The fourth-order valence-electron chi connectivity index (χ4n) is 5.00. The second-order valence-corrected chi connectivity index (χ2v) is 8.10. The Morgan fingerprint density at radius 2 is 1.67 bits per heavy atom. The number of rotatable bonds is 3. The Morgan fingerprint density at radius 1 is 1.04 bits per heavy atom. The fourth-order valence-corrected chi connectivity index (χ4v) is 5.00. The molecule has 140 valence electrons. The van der Waals surface area contributed by atoms with E-state index in [1.54, 1.807) is 4.90 Å². The number of hydrogen-bond donors (Lipinski definition) is 1. The molecule has 1 N–H and O–H groups in total. The Kier molecular flexibility index (Phi) is 4.16. The molecule has 2 atom stereocenters. The third-order valence-electron chi connectivity index (χ3n) is 6.59. The molecule has 1 saturated heterocycles. The lowest BCUT2D eigenvalue weighted by atomic mass is 9.79.